The number of amides is 1. The van der Waals surface area contributed by atoms with Crippen LogP contribution in [0.2, 0.25) is 0 Å². The average molecular weight is 301 g/mol. The van der Waals surface area contributed by atoms with E-state index in [9.17, 15) is 9.90 Å². The summed E-state index contributed by atoms with van der Waals surface area (Å²) in [5.74, 6) is 0.931. The van der Waals surface area contributed by atoms with Gasteiger partial charge in [0.15, 0.2) is 0 Å². The third kappa shape index (κ3) is 3.52. The van der Waals surface area contributed by atoms with E-state index in [1.807, 2.05) is 4.90 Å². The Balaban J connectivity index is 1.67. The fourth-order valence-electron chi connectivity index (χ4n) is 4.01. The third-order valence-electron chi connectivity index (χ3n) is 5.29. The van der Waals surface area contributed by atoms with Crippen molar-refractivity contribution in [2.24, 2.45) is 5.92 Å². The van der Waals surface area contributed by atoms with Gasteiger partial charge in [-0.05, 0) is 55.1 Å². The van der Waals surface area contributed by atoms with E-state index in [0.29, 0.717) is 12.3 Å². The van der Waals surface area contributed by atoms with Crippen molar-refractivity contribution < 1.29 is 9.90 Å². The molecular weight excluding hydrogens is 274 g/mol. The fourth-order valence-corrected chi connectivity index (χ4v) is 4.01. The molecule has 1 aromatic rings. The number of benzene rings is 1. The number of rotatable bonds is 3. The molecule has 1 N–H and O–H groups in total. The van der Waals surface area contributed by atoms with Crippen LogP contribution in [0, 0.1) is 5.92 Å². The lowest BCUT2D eigenvalue weighted by molar-refractivity contribution is -0.132. The second kappa shape index (κ2) is 7.28. The van der Waals surface area contributed by atoms with E-state index in [4.69, 9.17) is 0 Å². The van der Waals surface area contributed by atoms with Crippen molar-refractivity contribution in [3.8, 4) is 0 Å². The molecule has 1 aliphatic heterocycles. The SMILES string of the molecule is O=C(CC1CCCc2ccccc21)N1CCCCC(CO)C1. The predicted octanol–water partition coefficient (Wildman–Crippen LogP) is 3.12. The minimum Gasteiger partial charge on any atom is -0.396 e. The minimum absolute atomic E-state index is 0.204. The Morgan fingerprint density at radius 1 is 1.18 bits per heavy atom. The molecule has 0 radical (unpaired) electrons. The molecule has 1 aliphatic carbocycles. The van der Waals surface area contributed by atoms with Gasteiger partial charge < -0.3 is 10.0 Å². The Morgan fingerprint density at radius 2 is 2.05 bits per heavy atom. The van der Waals surface area contributed by atoms with E-state index in [1.165, 1.54) is 17.5 Å². The first-order chi connectivity index (χ1) is 10.8. The molecular formula is C19H27NO2. The molecule has 2 unspecified atom stereocenters. The molecule has 1 heterocycles. The summed E-state index contributed by atoms with van der Waals surface area (Å²) in [6.07, 6.45) is 7.35. The first kappa shape index (κ1) is 15.5. The van der Waals surface area contributed by atoms with Crippen molar-refractivity contribution in [3.05, 3.63) is 35.4 Å². The van der Waals surface area contributed by atoms with Crippen LogP contribution in [0.3, 0.4) is 0 Å². The zero-order valence-electron chi connectivity index (χ0n) is 13.3. The van der Waals surface area contributed by atoms with Gasteiger partial charge in [0.2, 0.25) is 5.91 Å². The van der Waals surface area contributed by atoms with Crippen LogP contribution < -0.4 is 0 Å². The molecule has 0 spiro atoms. The van der Waals surface area contributed by atoms with Crippen LogP contribution >= 0.6 is 0 Å². The number of nitrogens with zero attached hydrogens (tertiary/aromatic N) is 1. The first-order valence-electron chi connectivity index (χ1n) is 8.74. The van der Waals surface area contributed by atoms with E-state index in [0.717, 1.165) is 45.2 Å². The molecule has 1 amide bonds. The third-order valence-corrected chi connectivity index (χ3v) is 5.29. The molecule has 1 aromatic carbocycles. The molecule has 0 saturated carbocycles. The molecule has 1 saturated heterocycles. The number of aryl methyl sites for hydroxylation is 1. The smallest absolute Gasteiger partial charge is 0.223 e. The summed E-state index contributed by atoms with van der Waals surface area (Å²) < 4.78 is 0. The number of aliphatic hydroxyl groups is 1. The number of aliphatic hydroxyl groups excluding tert-OH is 1. The molecule has 120 valence electrons. The Hall–Kier alpha value is -1.35. The van der Waals surface area contributed by atoms with Gasteiger partial charge >= 0.3 is 0 Å². The lowest BCUT2D eigenvalue weighted by Crippen LogP contribution is -2.36. The minimum atomic E-state index is 0.204. The van der Waals surface area contributed by atoms with Gasteiger partial charge in [0, 0.05) is 26.1 Å². The molecule has 3 heteroatoms. The lowest BCUT2D eigenvalue weighted by Gasteiger charge is -2.29. The highest BCUT2D eigenvalue weighted by Gasteiger charge is 2.26. The van der Waals surface area contributed by atoms with Crippen LogP contribution in [-0.4, -0.2) is 35.6 Å². The van der Waals surface area contributed by atoms with E-state index in [1.54, 1.807) is 0 Å². The van der Waals surface area contributed by atoms with Gasteiger partial charge in [-0.3, -0.25) is 4.79 Å². The van der Waals surface area contributed by atoms with E-state index in [2.05, 4.69) is 24.3 Å². The van der Waals surface area contributed by atoms with E-state index < -0.39 is 0 Å². The highest BCUT2D eigenvalue weighted by atomic mass is 16.3. The maximum atomic E-state index is 12.7. The van der Waals surface area contributed by atoms with Crippen LogP contribution in [0.15, 0.2) is 24.3 Å². The highest BCUT2D eigenvalue weighted by molar-refractivity contribution is 5.77. The van der Waals surface area contributed by atoms with Crippen molar-refractivity contribution >= 4 is 5.91 Å². The van der Waals surface area contributed by atoms with Crippen molar-refractivity contribution in [1.82, 2.24) is 4.90 Å². The molecule has 2 atom stereocenters. The lowest BCUT2D eigenvalue weighted by atomic mass is 9.81. The van der Waals surface area contributed by atoms with Crippen LogP contribution in [-0.2, 0) is 11.2 Å². The fraction of sp³-hybridized carbons (Fsp3) is 0.632. The van der Waals surface area contributed by atoms with Crippen molar-refractivity contribution in [2.75, 3.05) is 19.7 Å². The zero-order valence-corrected chi connectivity index (χ0v) is 13.3. The van der Waals surface area contributed by atoms with Crippen molar-refractivity contribution in [2.45, 2.75) is 50.9 Å². The maximum absolute atomic E-state index is 12.7. The number of fused-ring (bicyclic) bond motifs is 1. The van der Waals surface area contributed by atoms with E-state index >= 15 is 0 Å². The van der Waals surface area contributed by atoms with Crippen molar-refractivity contribution in [1.29, 1.82) is 0 Å². The Kier molecular flexibility index (Phi) is 5.14. The topological polar surface area (TPSA) is 40.5 Å². The highest BCUT2D eigenvalue weighted by Crippen LogP contribution is 2.34. The summed E-state index contributed by atoms with van der Waals surface area (Å²) in [7, 11) is 0. The molecule has 0 aromatic heterocycles. The van der Waals surface area contributed by atoms with E-state index in [-0.39, 0.29) is 18.4 Å². The zero-order chi connectivity index (χ0) is 15.4. The Morgan fingerprint density at radius 3 is 2.91 bits per heavy atom. The van der Waals surface area contributed by atoms with Gasteiger partial charge in [-0.2, -0.15) is 0 Å². The van der Waals surface area contributed by atoms with Gasteiger partial charge in [-0.1, -0.05) is 30.7 Å². The number of hydrogen-bond donors (Lipinski definition) is 1. The van der Waals surface area contributed by atoms with Gasteiger partial charge in [0.1, 0.15) is 0 Å². The summed E-state index contributed by atoms with van der Waals surface area (Å²) in [5.41, 5.74) is 2.81. The Labute approximate surface area is 133 Å². The molecule has 3 rings (SSSR count). The summed E-state index contributed by atoms with van der Waals surface area (Å²) in [5, 5.41) is 9.43. The predicted molar refractivity (Wildman–Crippen MR) is 87.7 cm³/mol. The average Bonchev–Trinajstić information content (AvgIpc) is 2.81. The quantitative estimate of drug-likeness (QED) is 0.932. The van der Waals surface area contributed by atoms with Gasteiger partial charge in [0.25, 0.3) is 0 Å². The number of carbonyl (C=O) groups is 1. The normalized spacial score (nSPS) is 25.4. The Bertz CT molecular complexity index is 514. The maximum Gasteiger partial charge on any atom is 0.223 e. The van der Waals surface area contributed by atoms with Crippen LogP contribution in [0.4, 0.5) is 0 Å². The molecule has 0 bridgehead atoms. The monoisotopic (exact) mass is 301 g/mol. The van der Waals surface area contributed by atoms with Crippen LogP contribution in [0.1, 0.15) is 55.6 Å². The summed E-state index contributed by atoms with van der Waals surface area (Å²) >= 11 is 0. The van der Waals surface area contributed by atoms with Gasteiger partial charge in [-0.25, -0.2) is 0 Å². The molecule has 22 heavy (non-hydrogen) atoms. The molecule has 3 nitrogen and oxygen atoms in total. The van der Waals surface area contributed by atoms with Crippen molar-refractivity contribution in [3.63, 3.8) is 0 Å². The second-order valence-electron chi connectivity index (χ2n) is 6.88. The van der Waals surface area contributed by atoms with Crippen LogP contribution in [0.5, 0.6) is 0 Å². The molecule has 2 aliphatic rings. The first-order valence-corrected chi connectivity index (χ1v) is 8.74. The largest absolute Gasteiger partial charge is 0.396 e. The van der Waals surface area contributed by atoms with Gasteiger partial charge in [0.05, 0.1) is 0 Å². The summed E-state index contributed by atoms with van der Waals surface area (Å²) in [6.45, 7) is 1.81. The molecule has 1 fully saturated rings. The van der Waals surface area contributed by atoms with Gasteiger partial charge in [-0.15, -0.1) is 0 Å². The second-order valence-corrected chi connectivity index (χ2v) is 6.88. The summed E-state index contributed by atoms with van der Waals surface area (Å²) in [6, 6.07) is 8.60. The number of likely N-dealkylation sites (tertiary alicyclic amines) is 1. The van der Waals surface area contributed by atoms with Crippen LogP contribution in [0.25, 0.3) is 0 Å². The summed E-state index contributed by atoms with van der Waals surface area (Å²) in [4.78, 5) is 14.7. The number of carbonyl (C=O) groups excluding carboxylic acids is 1. The number of hydrogen-bond acceptors (Lipinski definition) is 2. The standard InChI is InChI=1S/C19H27NO2/c21-14-15-6-3-4-11-20(13-15)19(22)12-17-9-5-8-16-7-1-2-10-18(16)17/h1-2,7,10,15,17,21H,3-6,8-9,11-14H2.